The second kappa shape index (κ2) is 7.66. The lowest BCUT2D eigenvalue weighted by molar-refractivity contribution is -0.126. The first-order valence-corrected chi connectivity index (χ1v) is 8.61. The van der Waals surface area contributed by atoms with Crippen molar-refractivity contribution >= 4 is 30.1 Å². The third-order valence-corrected chi connectivity index (χ3v) is 5.59. The molecule has 3 N–H and O–H groups in total. The van der Waals surface area contributed by atoms with Gasteiger partial charge in [0, 0.05) is 22.6 Å². The summed E-state index contributed by atoms with van der Waals surface area (Å²) in [5.41, 5.74) is 6.88. The first-order valence-electron chi connectivity index (χ1n) is 7.62. The van der Waals surface area contributed by atoms with Gasteiger partial charge in [0.05, 0.1) is 6.04 Å². The molecule has 22 heavy (non-hydrogen) atoms. The second-order valence-corrected chi connectivity index (χ2v) is 7.09. The predicted molar refractivity (Wildman–Crippen MR) is 89.8 cm³/mol. The zero-order valence-electron chi connectivity index (χ0n) is 12.4. The normalized spacial score (nSPS) is 27.5. The van der Waals surface area contributed by atoms with Crippen LogP contribution in [-0.2, 0) is 4.79 Å². The van der Waals surface area contributed by atoms with Gasteiger partial charge < -0.3 is 11.1 Å². The fraction of sp³-hybridized carbons (Fsp3) is 0.562. The van der Waals surface area contributed by atoms with Crippen molar-refractivity contribution in [1.82, 2.24) is 5.32 Å². The Balaban J connectivity index is 0.00000176. The van der Waals surface area contributed by atoms with Gasteiger partial charge in [-0.1, -0.05) is 18.6 Å². The fourth-order valence-electron chi connectivity index (χ4n) is 3.29. The van der Waals surface area contributed by atoms with Gasteiger partial charge in [-0.2, -0.15) is 0 Å². The number of nitrogens with one attached hydrogen (secondary N) is 1. The summed E-state index contributed by atoms with van der Waals surface area (Å²) in [6, 6.07) is 5.19. The van der Waals surface area contributed by atoms with Crippen LogP contribution in [0.1, 0.15) is 43.7 Å². The monoisotopic (exact) mass is 344 g/mol. The molecule has 3 rings (SSSR count). The van der Waals surface area contributed by atoms with Gasteiger partial charge in [0.25, 0.3) is 0 Å². The highest BCUT2D eigenvalue weighted by Crippen LogP contribution is 2.38. The SMILES string of the molecule is Cl.NC1CCCC(C(=O)NC2CCSc3c(F)cccc32)C1. The Morgan fingerprint density at radius 2 is 2.14 bits per heavy atom. The summed E-state index contributed by atoms with van der Waals surface area (Å²) < 4.78 is 13.8. The minimum atomic E-state index is -0.184. The van der Waals surface area contributed by atoms with Gasteiger partial charge in [0.1, 0.15) is 5.82 Å². The number of amides is 1. The van der Waals surface area contributed by atoms with E-state index in [0.29, 0.717) is 4.90 Å². The molecule has 0 saturated heterocycles. The summed E-state index contributed by atoms with van der Waals surface area (Å²) in [5, 5.41) is 3.12. The van der Waals surface area contributed by atoms with Gasteiger partial charge in [0.15, 0.2) is 0 Å². The lowest BCUT2D eigenvalue weighted by Gasteiger charge is -2.30. The minimum absolute atomic E-state index is 0. The van der Waals surface area contributed by atoms with Crippen LogP contribution in [0.15, 0.2) is 23.1 Å². The number of fused-ring (bicyclic) bond motifs is 1. The molecule has 0 spiro atoms. The van der Waals surface area contributed by atoms with Crippen molar-refractivity contribution in [2.24, 2.45) is 11.7 Å². The summed E-state index contributed by atoms with van der Waals surface area (Å²) in [7, 11) is 0. The lowest BCUT2D eigenvalue weighted by Crippen LogP contribution is -2.40. The summed E-state index contributed by atoms with van der Waals surface area (Å²) in [4.78, 5) is 13.1. The third-order valence-electron chi connectivity index (χ3n) is 4.43. The molecule has 122 valence electrons. The van der Waals surface area contributed by atoms with Crippen molar-refractivity contribution in [1.29, 1.82) is 0 Å². The van der Waals surface area contributed by atoms with E-state index >= 15 is 0 Å². The quantitative estimate of drug-likeness (QED) is 0.864. The summed E-state index contributed by atoms with van der Waals surface area (Å²) in [6.45, 7) is 0. The molecule has 1 amide bonds. The first kappa shape index (κ1) is 17.6. The summed E-state index contributed by atoms with van der Waals surface area (Å²) >= 11 is 1.54. The smallest absolute Gasteiger partial charge is 0.223 e. The molecule has 1 aromatic carbocycles. The van der Waals surface area contributed by atoms with E-state index in [2.05, 4.69) is 5.32 Å². The van der Waals surface area contributed by atoms with Gasteiger partial charge >= 0.3 is 0 Å². The molecule has 6 heteroatoms. The van der Waals surface area contributed by atoms with Gasteiger partial charge in [-0.05, 0) is 37.3 Å². The Kier molecular flexibility index (Phi) is 6.12. The number of hydrogen-bond donors (Lipinski definition) is 2. The van der Waals surface area contributed by atoms with Crippen LogP contribution in [0.2, 0.25) is 0 Å². The van der Waals surface area contributed by atoms with Crippen LogP contribution in [0.5, 0.6) is 0 Å². The van der Waals surface area contributed by atoms with Crippen LogP contribution in [0, 0.1) is 11.7 Å². The van der Waals surface area contributed by atoms with Gasteiger partial charge in [-0.25, -0.2) is 4.39 Å². The molecule has 1 heterocycles. The third kappa shape index (κ3) is 3.76. The van der Waals surface area contributed by atoms with Crippen molar-refractivity contribution in [3.63, 3.8) is 0 Å². The topological polar surface area (TPSA) is 55.1 Å². The maximum atomic E-state index is 13.8. The molecule has 1 saturated carbocycles. The Morgan fingerprint density at radius 3 is 2.91 bits per heavy atom. The van der Waals surface area contributed by atoms with E-state index in [4.69, 9.17) is 5.73 Å². The van der Waals surface area contributed by atoms with Crippen molar-refractivity contribution in [2.45, 2.75) is 49.1 Å². The molecule has 1 aliphatic heterocycles. The zero-order valence-corrected chi connectivity index (χ0v) is 14.0. The summed E-state index contributed by atoms with van der Waals surface area (Å²) in [5.74, 6) is 0.747. The molecule has 0 aromatic heterocycles. The van der Waals surface area contributed by atoms with E-state index in [-0.39, 0.29) is 42.1 Å². The maximum absolute atomic E-state index is 13.8. The van der Waals surface area contributed by atoms with Crippen LogP contribution in [-0.4, -0.2) is 17.7 Å². The molecule has 3 nitrogen and oxygen atoms in total. The Labute approximate surface area is 141 Å². The van der Waals surface area contributed by atoms with E-state index < -0.39 is 0 Å². The number of rotatable bonds is 2. The van der Waals surface area contributed by atoms with Crippen molar-refractivity contribution in [2.75, 3.05) is 5.75 Å². The second-order valence-electron chi connectivity index (χ2n) is 5.98. The molecule has 0 bridgehead atoms. The molecule has 1 aliphatic carbocycles. The molecule has 1 aromatic rings. The number of nitrogens with two attached hydrogens (primary N) is 1. The van der Waals surface area contributed by atoms with Crippen LogP contribution >= 0.6 is 24.2 Å². The number of benzene rings is 1. The minimum Gasteiger partial charge on any atom is -0.349 e. The average molecular weight is 345 g/mol. The van der Waals surface area contributed by atoms with Gasteiger partial charge in [-0.3, -0.25) is 4.79 Å². The lowest BCUT2D eigenvalue weighted by atomic mass is 9.85. The number of halogens is 2. The largest absolute Gasteiger partial charge is 0.349 e. The Bertz CT molecular complexity index is 543. The predicted octanol–water partition coefficient (Wildman–Crippen LogP) is 3.42. The highest BCUT2D eigenvalue weighted by atomic mass is 35.5. The number of carbonyl (C=O) groups is 1. The van der Waals surface area contributed by atoms with Crippen LogP contribution in [0.25, 0.3) is 0 Å². The van der Waals surface area contributed by atoms with E-state index in [9.17, 15) is 9.18 Å². The molecule has 3 atom stereocenters. The highest BCUT2D eigenvalue weighted by Gasteiger charge is 2.29. The highest BCUT2D eigenvalue weighted by molar-refractivity contribution is 7.99. The molecular formula is C16H22ClFN2OS. The number of hydrogen-bond acceptors (Lipinski definition) is 3. The molecule has 2 aliphatic rings. The van der Waals surface area contributed by atoms with E-state index in [0.717, 1.165) is 43.4 Å². The van der Waals surface area contributed by atoms with Gasteiger partial charge in [-0.15, -0.1) is 24.2 Å². The van der Waals surface area contributed by atoms with Crippen LogP contribution in [0.4, 0.5) is 4.39 Å². The molecule has 1 fully saturated rings. The van der Waals surface area contributed by atoms with Crippen molar-refractivity contribution in [3.05, 3.63) is 29.6 Å². The maximum Gasteiger partial charge on any atom is 0.223 e. The van der Waals surface area contributed by atoms with E-state index in [1.807, 2.05) is 6.07 Å². The summed E-state index contributed by atoms with van der Waals surface area (Å²) in [6.07, 6.45) is 4.56. The van der Waals surface area contributed by atoms with Crippen LogP contribution in [0.3, 0.4) is 0 Å². The average Bonchev–Trinajstić information content (AvgIpc) is 2.48. The Morgan fingerprint density at radius 1 is 1.32 bits per heavy atom. The Hall–Kier alpha value is -0.780. The van der Waals surface area contributed by atoms with Gasteiger partial charge in [0.2, 0.25) is 5.91 Å². The molecule has 3 unspecified atom stereocenters. The van der Waals surface area contributed by atoms with Crippen LogP contribution < -0.4 is 11.1 Å². The molecule has 0 radical (unpaired) electrons. The molecular weight excluding hydrogens is 323 g/mol. The van der Waals surface area contributed by atoms with E-state index in [1.165, 1.54) is 17.8 Å². The number of carbonyl (C=O) groups excluding carboxylic acids is 1. The fourth-order valence-corrected chi connectivity index (χ4v) is 4.43. The van der Waals surface area contributed by atoms with Crippen molar-refractivity contribution in [3.8, 4) is 0 Å². The van der Waals surface area contributed by atoms with E-state index in [1.54, 1.807) is 6.07 Å². The standard InChI is InChI=1S/C16H21FN2OS.ClH/c17-13-6-2-5-12-14(7-8-21-15(12)13)19-16(20)10-3-1-4-11(18)9-10;/h2,5-6,10-11,14H,1,3-4,7-9,18H2,(H,19,20);1H. The first-order chi connectivity index (χ1) is 10.1. The number of thioether (sulfide) groups is 1. The zero-order chi connectivity index (χ0) is 14.8. The van der Waals surface area contributed by atoms with Crippen molar-refractivity contribution < 1.29 is 9.18 Å².